The maximum Gasteiger partial charge on any atom is 0.234 e. The van der Waals surface area contributed by atoms with E-state index in [1.165, 1.54) is 0 Å². The van der Waals surface area contributed by atoms with Crippen LogP contribution in [-0.4, -0.2) is 58.6 Å². The number of hydrogen-bond acceptors (Lipinski definition) is 7. The van der Waals surface area contributed by atoms with Gasteiger partial charge in [0, 0.05) is 19.5 Å². The van der Waals surface area contributed by atoms with Gasteiger partial charge in [-0.25, -0.2) is 0 Å². The highest BCUT2D eigenvalue weighted by molar-refractivity contribution is 5.77. The molecule has 2 aromatic rings. The van der Waals surface area contributed by atoms with Crippen molar-refractivity contribution in [2.24, 2.45) is 0 Å². The van der Waals surface area contributed by atoms with E-state index in [-0.39, 0.29) is 5.91 Å². The van der Waals surface area contributed by atoms with E-state index >= 15 is 0 Å². The molecule has 1 aliphatic rings. The fraction of sp³-hybridized carbons (Fsp3) is 0.588. The molecule has 0 aliphatic carbocycles. The van der Waals surface area contributed by atoms with Crippen LogP contribution in [-0.2, 0) is 17.9 Å². The Morgan fingerprint density at radius 2 is 2.40 bits per heavy atom. The second-order valence-corrected chi connectivity index (χ2v) is 6.53. The van der Waals surface area contributed by atoms with Gasteiger partial charge in [0.15, 0.2) is 5.82 Å². The highest BCUT2D eigenvalue weighted by Crippen LogP contribution is 2.16. The van der Waals surface area contributed by atoms with Crippen molar-refractivity contribution >= 4 is 5.91 Å². The molecule has 0 radical (unpaired) electrons. The summed E-state index contributed by atoms with van der Waals surface area (Å²) in [6.07, 6.45) is 3.79. The van der Waals surface area contributed by atoms with Gasteiger partial charge in [-0.1, -0.05) is 5.16 Å². The van der Waals surface area contributed by atoms with Crippen molar-refractivity contribution in [3.05, 3.63) is 35.9 Å². The second-order valence-electron chi connectivity index (χ2n) is 6.53. The quantitative estimate of drug-likeness (QED) is 0.805. The Morgan fingerprint density at radius 3 is 3.12 bits per heavy atom. The monoisotopic (exact) mass is 347 g/mol. The lowest BCUT2D eigenvalue weighted by Crippen LogP contribution is -2.49. The van der Waals surface area contributed by atoms with Gasteiger partial charge in [0.25, 0.3) is 0 Å². The molecule has 1 N–H and O–H groups in total. The van der Waals surface area contributed by atoms with Crippen molar-refractivity contribution in [3.63, 3.8) is 0 Å². The molecule has 0 bridgehead atoms. The number of amides is 1. The van der Waals surface area contributed by atoms with Crippen molar-refractivity contribution in [1.29, 1.82) is 0 Å². The maximum absolute atomic E-state index is 12.1. The number of piperidine rings is 1. The highest BCUT2D eigenvalue weighted by Gasteiger charge is 2.25. The number of carbonyl (C=O) groups is 1. The van der Waals surface area contributed by atoms with Gasteiger partial charge in [-0.3, -0.25) is 14.6 Å². The molecule has 8 heteroatoms. The largest absolute Gasteiger partial charge is 0.467 e. The third-order valence-corrected chi connectivity index (χ3v) is 4.47. The summed E-state index contributed by atoms with van der Waals surface area (Å²) >= 11 is 0. The normalized spacial score (nSPS) is 18.6. The number of aryl methyl sites for hydroxylation is 1. The van der Waals surface area contributed by atoms with Crippen molar-refractivity contribution in [2.75, 3.05) is 26.7 Å². The summed E-state index contributed by atoms with van der Waals surface area (Å²) in [5.74, 6) is 2.07. The van der Waals surface area contributed by atoms with Crippen LogP contribution in [0.3, 0.4) is 0 Å². The molecule has 2 aromatic heterocycles. The van der Waals surface area contributed by atoms with E-state index in [0.717, 1.165) is 37.5 Å². The predicted molar refractivity (Wildman–Crippen MR) is 90.5 cm³/mol. The summed E-state index contributed by atoms with van der Waals surface area (Å²) < 4.78 is 10.3. The molecule has 8 nitrogen and oxygen atoms in total. The molecule has 1 amide bonds. The first kappa shape index (κ1) is 17.6. The van der Waals surface area contributed by atoms with Crippen LogP contribution in [0.4, 0.5) is 0 Å². The molecule has 1 atom stereocenters. The Hall–Kier alpha value is -2.19. The zero-order valence-corrected chi connectivity index (χ0v) is 14.8. The van der Waals surface area contributed by atoms with Crippen LogP contribution >= 0.6 is 0 Å². The third-order valence-electron chi connectivity index (χ3n) is 4.47. The number of hydrogen-bond donors (Lipinski definition) is 1. The second kappa shape index (κ2) is 8.26. The van der Waals surface area contributed by atoms with Gasteiger partial charge < -0.3 is 14.3 Å². The highest BCUT2D eigenvalue weighted by atomic mass is 16.5. The number of likely N-dealkylation sites (N-methyl/N-ethyl adjacent to an activating group) is 1. The van der Waals surface area contributed by atoms with Crippen molar-refractivity contribution in [2.45, 2.75) is 38.9 Å². The van der Waals surface area contributed by atoms with Gasteiger partial charge in [-0.2, -0.15) is 4.98 Å². The van der Waals surface area contributed by atoms with Gasteiger partial charge in [-0.15, -0.1) is 0 Å². The third kappa shape index (κ3) is 5.14. The molecule has 3 heterocycles. The number of nitrogens with one attached hydrogen (secondary N) is 1. The number of likely N-dealkylation sites (tertiary alicyclic amines) is 1. The molecule has 0 aromatic carbocycles. The first-order chi connectivity index (χ1) is 12.1. The van der Waals surface area contributed by atoms with Crippen LogP contribution in [0.1, 0.15) is 30.3 Å². The molecular formula is C17H25N5O3. The minimum Gasteiger partial charge on any atom is -0.467 e. The Kier molecular flexibility index (Phi) is 5.83. The summed E-state index contributed by atoms with van der Waals surface area (Å²) in [6, 6.07) is 4.01. The molecule has 0 spiro atoms. The molecule has 136 valence electrons. The van der Waals surface area contributed by atoms with Crippen molar-refractivity contribution < 1.29 is 13.7 Å². The van der Waals surface area contributed by atoms with Crippen LogP contribution in [0.15, 0.2) is 27.3 Å². The standard InChI is InChI=1S/C17H25N5O3/c1-13-19-16(20-25-13)11-22-7-3-5-14(10-22)21(2)12-17(23)18-9-15-6-4-8-24-15/h4,6,8,14H,3,5,7,9-12H2,1-2H3,(H,18,23). The van der Waals surface area contributed by atoms with E-state index in [4.69, 9.17) is 8.94 Å². The zero-order chi connectivity index (χ0) is 17.6. The maximum atomic E-state index is 12.1. The number of aromatic nitrogens is 2. The minimum atomic E-state index is 0.00446. The Bertz CT molecular complexity index is 670. The topological polar surface area (TPSA) is 87.6 Å². The van der Waals surface area contributed by atoms with Crippen molar-refractivity contribution in [1.82, 2.24) is 25.3 Å². The smallest absolute Gasteiger partial charge is 0.234 e. The van der Waals surface area contributed by atoms with Crippen LogP contribution in [0, 0.1) is 6.92 Å². The first-order valence-electron chi connectivity index (χ1n) is 8.61. The van der Waals surface area contributed by atoms with E-state index in [2.05, 4.69) is 25.3 Å². The molecular weight excluding hydrogens is 322 g/mol. The van der Waals surface area contributed by atoms with Gasteiger partial charge >= 0.3 is 0 Å². The molecule has 1 fully saturated rings. The average molecular weight is 347 g/mol. The summed E-state index contributed by atoms with van der Waals surface area (Å²) in [6.45, 7) is 5.20. The summed E-state index contributed by atoms with van der Waals surface area (Å²) in [5.41, 5.74) is 0. The summed E-state index contributed by atoms with van der Waals surface area (Å²) in [4.78, 5) is 20.8. The SMILES string of the molecule is Cc1nc(CN2CCCC(N(C)CC(=O)NCc3ccco3)C2)no1. The van der Waals surface area contributed by atoms with E-state index in [0.29, 0.717) is 31.6 Å². The molecule has 0 saturated carbocycles. The number of rotatable bonds is 7. The van der Waals surface area contributed by atoms with Gasteiger partial charge in [0.2, 0.25) is 11.8 Å². The Morgan fingerprint density at radius 1 is 1.52 bits per heavy atom. The van der Waals surface area contributed by atoms with Crippen LogP contribution in [0.2, 0.25) is 0 Å². The van der Waals surface area contributed by atoms with Crippen molar-refractivity contribution in [3.8, 4) is 0 Å². The Balaban J connectivity index is 1.44. The average Bonchev–Trinajstić information content (AvgIpc) is 3.25. The van der Waals surface area contributed by atoms with Gasteiger partial charge in [0.1, 0.15) is 5.76 Å². The predicted octanol–water partition coefficient (Wildman–Crippen LogP) is 1.18. The van der Waals surface area contributed by atoms with Crippen LogP contribution in [0.25, 0.3) is 0 Å². The Labute approximate surface area is 147 Å². The fourth-order valence-corrected chi connectivity index (χ4v) is 3.15. The number of furan rings is 1. The summed E-state index contributed by atoms with van der Waals surface area (Å²) in [7, 11) is 2.00. The molecule has 1 saturated heterocycles. The van der Waals surface area contributed by atoms with Crippen LogP contribution in [0.5, 0.6) is 0 Å². The molecule has 1 unspecified atom stereocenters. The fourth-order valence-electron chi connectivity index (χ4n) is 3.15. The summed E-state index contributed by atoms with van der Waals surface area (Å²) in [5, 5.41) is 6.85. The van der Waals surface area contributed by atoms with E-state index in [1.807, 2.05) is 19.2 Å². The van der Waals surface area contributed by atoms with Gasteiger partial charge in [-0.05, 0) is 38.6 Å². The lowest BCUT2D eigenvalue weighted by molar-refractivity contribution is -0.123. The van der Waals surface area contributed by atoms with E-state index in [9.17, 15) is 4.79 Å². The first-order valence-corrected chi connectivity index (χ1v) is 8.61. The van der Waals surface area contributed by atoms with E-state index in [1.54, 1.807) is 13.2 Å². The molecule has 3 rings (SSSR count). The van der Waals surface area contributed by atoms with Crippen LogP contribution < -0.4 is 5.32 Å². The number of carbonyl (C=O) groups excluding carboxylic acids is 1. The molecule has 1 aliphatic heterocycles. The lowest BCUT2D eigenvalue weighted by Gasteiger charge is -2.36. The van der Waals surface area contributed by atoms with E-state index < -0.39 is 0 Å². The molecule has 25 heavy (non-hydrogen) atoms. The minimum absolute atomic E-state index is 0.00446. The lowest BCUT2D eigenvalue weighted by atomic mass is 10.0. The number of nitrogens with zero attached hydrogens (tertiary/aromatic N) is 4. The van der Waals surface area contributed by atoms with Gasteiger partial charge in [0.05, 0.1) is 25.9 Å². The zero-order valence-electron chi connectivity index (χ0n) is 14.8.